The first-order chi connectivity index (χ1) is 6.35. The molecule has 0 saturated carbocycles. The third kappa shape index (κ3) is 8.76. The van der Waals surface area contributed by atoms with Crippen molar-refractivity contribution in [3.63, 3.8) is 0 Å². The lowest BCUT2D eigenvalue weighted by Crippen LogP contribution is -1.76. The molecule has 0 heterocycles. The Balaban J connectivity index is 3.27. The highest BCUT2D eigenvalue weighted by Crippen LogP contribution is 2.24. The Morgan fingerprint density at radius 2 is 1.62 bits per heavy atom. The second-order valence-electron chi connectivity index (χ2n) is 3.13. The van der Waals surface area contributed by atoms with Crippen LogP contribution in [0.1, 0.15) is 45.4 Å². The van der Waals surface area contributed by atoms with E-state index < -0.39 is 0 Å². The van der Waals surface area contributed by atoms with Gasteiger partial charge in [0.2, 0.25) is 0 Å². The zero-order valence-electron chi connectivity index (χ0n) is 9.14. The summed E-state index contributed by atoms with van der Waals surface area (Å²) in [7, 11) is 0. The first kappa shape index (κ1) is 13.4. The van der Waals surface area contributed by atoms with Crippen LogP contribution in [0.25, 0.3) is 0 Å². The number of hydrogen-bond donors (Lipinski definition) is 0. The lowest BCUT2D eigenvalue weighted by molar-refractivity contribution is 0.637. The second kappa shape index (κ2) is 10.5. The van der Waals surface area contributed by atoms with Crippen LogP contribution >= 0.6 is 23.5 Å². The zero-order chi connectivity index (χ0) is 9.94. The van der Waals surface area contributed by atoms with E-state index in [0.29, 0.717) is 0 Å². The fraction of sp³-hybridized carbons (Fsp3) is 0.818. The smallest absolute Gasteiger partial charge is 0.0355 e. The molecule has 0 aromatic heterocycles. The zero-order valence-corrected chi connectivity index (χ0v) is 10.8. The summed E-state index contributed by atoms with van der Waals surface area (Å²) in [5, 5.41) is 0. The van der Waals surface area contributed by atoms with E-state index in [1.165, 1.54) is 42.8 Å². The molecular weight excluding hydrogens is 196 g/mol. The van der Waals surface area contributed by atoms with Crippen LogP contribution in [0.5, 0.6) is 0 Å². The van der Waals surface area contributed by atoms with Crippen LogP contribution in [0.2, 0.25) is 0 Å². The molecule has 0 unspecified atom stereocenters. The largest absolute Gasteiger partial charge is 0.123 e. The summed E-state index contributed by atoms with van der Waals surface area (Å²) >= 11 is 3.72. The molecule has 0 aliphatic heterocycles. The molecule has 0 radical (unpaired) electrons. The first-order valence-corrected chi connectivity index (χ1v) is 7.58. The molecule has 0 spiro atoms. The van der Waals surface area contributed by atoms with Crippen LogP contribution in [-0.2, 0) is 0 Å². The number of allylic oxidation sites excluding steroid dienone is 1. The highest BCUT2D eigenvalue weighted by molar-refractivity contribution is 8.21. The molecule has 0 aliphatic carbocycles. The van der Waals surface area contributed by atoms with Gasteiger partial charge in [-0.15, -0.1) is 23.5 Å². The van der Waals surface area contributed by atoms with Gasteiger partial charge in [0, 0.05) is 4.24 Å². The van der Waals surface area contributed by atoms with Crippen molar-refractivity contribution >= 4 is 23.5 Å². The topological polar surface area (TPSA) is 0 Å². The van der Waals surface area contributed by atoms with Gasteiger partial charge in [-0.2, -0.15) is 0 Å². The highest BCUT2D eigenvalue weighted by Gasteiger charge is 1.91. The molecule has 0 aliphatic rings. The van der Waals surface area contributed by atoms with Crippen molar-refractivity contribution in [3.8, 4) is 0 Å². The fourth-order valence-corrected chi connectivity index (χ4v) is 2.45. The Kier molecular flexibility index (Phi) is 10.9. The molecule has 0 rings (SSSR count). The lowest BCUT2D eigenvalue weighted by Gasteiger charge is -1.99. The Labute approximate surface area is 91.9 Å². The van der Waals surface area contributed by atoms with E-state index in [1.807, 2.05) is 23.5 Å². The molecule has 78 valence electrons. The van der Waals surface area contributed by atoms with Crippen LogP contribution in [0.3, 0.4) is 0 Å². The molecule has 0 nitrogen and oxygen atoms in total. The molecule has 0 aromatic rings. The molecule has 0 atom stereocenters. The van der Waals surface area contributed by atoms with Crippen LogP contribution in [0, 0.1) is 0 Å². The molecular formula is C11H22S2. The Bertz CT molecular complexity index is 124. The fourth-order valence-electron chi connectivity index (χ4n) is 1.22. The van der Waals surface area contributed by atoms with Gasteiger partial charge in [0.05, 0.1) is 0 Å². The third-order valence-corrected chi connectivity index (χ3v) is 4.16. The van der Waals surface area contributed by atoms with Gasteiger partial charge in [-0.1, -0.05) is 38.7 Å². The van der Waals surface area contributed by atoms with Gasteiger partial charge in [-0.05, 0) is 25.4 Å². The minimum atomic E-state index is 1.26. The minimum absolute atomic E-state index is 1.26. The molecule has 13 heavy (non-hydrogen) atoms. The van der Waals surface area contributed by atoms with Crippen LogP contribution in [-0.4, -0.2) is 12.5 Å². The molecule has 2 heteroatoms. The maximum atomic E-state index is 2.38. The van der Waals surface area contributed by atoms with E-state index in [-0.39, 0.29) is 0 Å². The van der Waals surface area contributed by atoms with Gasteiger partial charge < -0.3 is 0 Å². The standard InChI is InChI=1S/C11H22S2/c1-4-5-6-7-8-9-10-11(12-2)13-3/h10H,4-9H2,1-3H3. The number of unbranched alkanes of at least 4 members (excludes halogenated alkanes) is 5. The summed E-state index contributed by atoms with van der Waals surface area (Å²) < 4.78 is 1.47. The van der Waals surface area contributed by atoms with E-state index in [4.69, 9.17) is 0 Å². The van der Waals surface area contributed by atoms with Gasteiger partial charge in [0.25, 0.3) is 0 Å². The van der Waals surface area contributed by atoms with Gasteiger partial charge >= 0.3 is 0 Å². The van der Waals surface area contributed by atoms with Crippen molar-refractivity contribution in [1.82, 2.24) is 0 Å². The second-order valence-corrected chi connectivity index (χ2v) is 5.09. The van der Waals surface area contributed by atoms with Crippen molar-refractivity contribution in [2.45, 2.75) is 45.4 Å². The van der Waals surface area contributed by atoms with Crippen molar-refractivity contribution in [2.75, 3.05) is 12.5 Å². The van der Waals surface area contributed by atoms with Gasteiger partial charge in [0.1, 0.15) is 0 Å². The normalized spacial score (nSPS) is 10.1. The van der Waals surface area contributed by atoms with Gasteiger partial charge in [-0.25, -0.2) is 0 Å². The molecule has 0 amide bonds. The predicted molar refractivity (Wildman–Crippen MR) is 68.5 cm³/mol. The van der Waals surface area contributed by atoms with Gasteiger partial charge in [0.15, 0.2) is 0 Å². The average Bonchev–Trinajstić information content (AvgIpc) is 2.17. The summed E-state index contributed by atoms with van der Waals surface area (Å²) in [5.41, 5.74) is 0. The maximum absolute atomic E-state index is 2.38. The van der Waals surface area contributed by atoms with Crippen LogP contribution in [0.15, 0.2) is 10.3 Å². The van der Waals surface area contributed by atoms with E-state index in [0.717, 1.165) is 0 Å². The van der Waals surface area contributed by atoms with E-state index in [1.54, 1.807) is 0 Å². The average molecular weight is 218 g/mol. The molecule has 0 N–H and O–H groups in total. The third-order valence-electron chi connectivity index (χ3n) is 2.02. The van der Waals surface area contributed by atoms with Gasteiger partial charge in [-0.3, -0.25) is 0 Å². The monoisotopic (exact) mass is 218 g/mol. The Morgan fingerprint density at radius 3 is 2.15 bits per heavy atom. The van der Waals surface area contributed by atoms with E-state index in [9.17, 15) is 0 Å². The maximum Gasteiger partial charge on any atom is 0.0355 e. The quantitative estimate of drug-likeness (QED) is 0.531. The summed E-state index contributed by atoms with van der Waals surface area (Å²) in [4.78, 5) is 0. The van der Waals surface area contributed by atoms with Crippen LogP contribution in [0.4, 0.5) is 0 Å². The first-order valence-electron chi connectivity index (χ1n) is 5.13. The Hall–Kier alpha value is 0.440. The molecule has 0 saturated heterocycles. The summed E-state index contributed by atoms with van der Waals surface area (Å²) in [6.07, 6.45) is 14.9. The minimum Gasteiger partial charge on any atom is -0.123 e. The van der Waals surface area contributed by atoms with E-state index in [2.05, 4.69) is 25.5 Å². The lowest BCUT2D eigenvalue weighted by atomic mass is 10.1. The number of hydrogen-bond acceptors (Lipinski definition) is 2. The van der Waals surface area contributed by atoms with Crippen molar-refractivity contribution in [3.05, 3.63) is 10.3 Å². The van der Waals surface area contributed by atoms with Crippen molar-refractivity contribution < 1.29 is 0 Å². The SMILES string of the molecule is CCCCCCCC=C(SC)SC. The summed E-state index contributed by atoms with van der Waals surface area (Å²) in [5.74, 6) is 0. The molecule has 0 aromatic carbocycles. The number of thioether (sulfide) groups is 2. The molecule has 0 bridgehead atoms. The summed E-state index contributed by atoms with van der Waals surface area (Å²) in [6.45, 7) is 2.26. The predicted octanol–water partition coefficient (Wildman–Crippen LogP) is 4.91. The van der Waals surface area contributed by atoms with Crippen molar-refractivity contribution in [2.24, 2.45) is 0 Å². The summed E-state index contributed by atoms with van der Waals surface area (Å²) in [6, 6.07) is 0. The highest BCUT2D eigenvalue weighted by atomic mass is 32.2. The Morgan fingerprint density at radius 1 is 1.00 bits per heavy atom. The van der Waals surface area contributed by atoms with Crippen molar-refractivity contribution in [1.29, 1.82) is 0 Å². The van der Waals surface area contributed by atoms with E-state index >= 15 is 0 Å². The molecule has 0 fully saturated rings. The number of rotatable bonds is 8. The van der Waals surface area contributed by atoms with Crippen LogP contribution < -0.4 is 0 Å².